The fourth-order valence-corrected chi connectivity index (χ4v) is 3.45. The van der Waals surface area contributed by atoms with E-state index in [0.29, 0.717) is 18.7 Å². The number of nitrogens with zero attached hydrogens (tertiary/aromatic N) is 3. The van der Waals surface area contributed by atoms with E-state index in [1.54, 1.807) is 18.0 Å². The van der Waals surface area contributed by atoms with Crippen molar-refractivity contribution < 1.29 is 9.59 Å². The predicted molar refractivity (Wildman–Crippen MR) is 118 cm³/mol. The van der Waals surface area contributed by atoms with Crippen LogP contribution in [0.4, 0.5) is 0 Å². The molecule has 2 aromatic carbocycles. The van der Waals surface area contributed by atoms with E-state index in [0.717, 1.165) is 28.2 Å². The lowest BCUT2D eigenvalue weighted by Crippen LogP contribution is -2.32. The minimum atomic E-state index is -0.153. The number of aromatic nitrogens is 2. The maximum Gasteiger partial charge on any atom is 0.251 e. The molecular formula is C24H28N4O2. The van der Waals surface area contributed by atoms with Crippen molar-refractivity contribution in [1.29, 1.82) is 0 Å². The molecule has 0 fully saturated rings. The second-order valence-electron chi connectivity index (χ2n) is 7.47. The molecule has 0 radical (unpaired) electrons. The van der Waals surface area contributed by atoms with Crippen molar-refractivity contribution in [2.45, 2.75) is 33.7 Å². The summed E-state index contributed by atoms with van der Waals surface area (Å²) in [6.07, 6.45) is 0.249. The predicted octanol–water partition coefficient (Wildman–Crippen LogP) is 3.58. The molecule has 0 bridgehead atoms. The van der Waals surface area contributed by atoms with Gasteiger partial charge in [-0.05, 0) is 44.5 Å². The first-order chi connectivity index (χ1) is 14.4. The molecule has 0 aliphatic heterocycles. The molecule has 6 nitrogen and oxygen atoms in total. The molecule has 0 saturated heterocycles. The van der Waals surface area contributed by atoms with Crippen molar-refractivity contribution in [2.75, 3.05) is 13.6 Å². The fraction of sp³-hybridized carbons (Fsp3) is 0.292. The minimum absolute atomic E-state index is 0.0219. The van der Waals surface area contributed by atoms with Crippen LogP contribution in [0.3, 0.4) is 0 Å². The average Bonchev–Trinajstić information content (AvgIpc) is 3.02. The van der Waals surface area contributed by atoms with E-state index in [-0.39, 0.29) is 18.2 Å². The Bertz CT molecular complexity index is 1040. The molecule has 156 valence electrons. The van der Waals surface area contributed by atoms with E-state index in [9.17, 15) is 9.59 Å². The average molecular weight is 405 g/mol. The highest BCUT2D eigenvalue weighted by Gasteiger charge is 2.17. The molecule has 0 atom stereocenters. The van der Waals surface area contributed by atoms with Gasteiger partial charge in [-0.2, -0.15) is 5.10 Å². The van der Waals surface area contributed by atoms with Gasteiger partial charge < -0.3 is 10.2 Å². The van der Waals surface area contributed by atoms with Gasteiger partial charge in [-0.3, -0.25) is 9.59 Å². The number of hydrogen-bond acceptors (Lipinski definition) is 3. The van der Waals surface area contributed by atoms with Crippen LogP contribution in [-0.2, 0) is 11.3 Å². The second-order valence-corrected chi connectivity index (χ2v) is 7.47. The van der Waals surface area contributed by atoms with E-state index >= 15 is 0 Å². The molecule has 1 aromatic heterocycles. The Kier molecular flexibility index (Phi) is 6.67. The highest BCUT2D eigenvalue weighted by atomic mass is 16.2. The van der Waals surface area contributed by atoms with Crippen molar-refractivity contribution in [2.24, 2.45) is 0 Å². The Balaban J connectivity index is 1.58. The van der Waals surface area contributed by atoms with Gasteiger partial charge in [-0.1, -0.05) is 36.4 Å². The highest BCUT2D eigenvalue weighted by Crippen LogP contribution is 2.19. The van der Waals surface area contributed by atoms with Crippen LogP contribution in [0.15, 0.2) is 54.6 Å². The van der Waals surface area contributed by atoms with Gasteiger partial charge >= 0.3 is 0 Å². The second kappa shape index (κ2) is 9.39. The van der Waals surface area contributed by atoms with Crippen LogP contribution in [0.1, 0.15) is 39.3 Å². The van der Waals surface area contributed by atoms with Gasteiger partial charge in [0.1, 0.15) is 0 Å². The van der Waals surface area contributed by atoms with E-state index in [1.807, 2.05) is 74.0 Å². The quantitative estimate of drug-likeness (QED) is 0.655. The molecule has 0 aliphatic rings. The highest BCUT2D eigenvalue weighted by molar-refractivity contribution is 5.95. The van der Waals surface area contributed by atoms with Crippen LogP contribution in [0.5, 0.6) is 0 Å². The van der Waals surface area contributed by atoms with Gasteiger partial charge in [0.25, 0.3) is 5.91 Å². The third kappa shape index (κ3) is 4.76. The topological polar surface area (TPSA) is 67.2 Å². The monoisotopic (exact) mass is 404 g/mol. The van der Waals surface area contributed by atoms with Crippen molar-refractivity contribution in [3.8, 4) is 5.69 Å². The smallest absolute Gasteiger partial charge is 0.251 e. The Morgan fingerprint density at radius 3 is 2.37 bits per heavy atom. The van der Waals surface area contributed by atoms with Gasteiger partial charge in [0, 0.05) is 43.4 Å². The Morgan fingerprint density at radius 2 is 1.67 bits per heavy atom. The first kappa shape index (κ1) is 21.3. The van der Waals surface area contributed by atoms with Gasteiger partial charge in [-0.25, -0.2) is 4.68 Å². The molecule has 1 heterocycles. The molecule has 3 rings (SSSR count). The number of rotatable bonds is 7. The molecule has 2 amide bonds. The van der Waals surface area contributed by atoms with E-state index in [4.69, 9.17) is 0 Å². The van der Waals surface area contributed by atoms with E-state index in [1.165, 1.54) is 0 Å². The van der Waals surface area contributed by atoms with Crippen LogP contribution in [-0.4, -0.2) is 40.1 Å². The minimum Gasteiger partial charge on any atom is -0.352 e. The number of carbonyl (C=O) groups excluding carboxylic acids is 2. The Hall–Kier alpha value is -3.41. The molecule has 0 spiro atoms. The molecule has 1 N–H and O–H groups in total. The zero-order valence-corrected chi connectivity index (χ0v) is 18.0. The van der Waals surface area contributed by atoms with Crippen LogP contribution in [0.2, 0.25) is 0 Å². The first-order valence-electron chi connectivity index (χ1n) is 10.1. The molecule has 30 heavy (non-hydrogen) atoms. The fourth-order valence-electron chi connectivity index (χ4n) is 3.45. The van der Waals surface area contributed by atoms with Gasteiger partial charge in [-0.15, -0.1) is 0 Å². The lowest BCUT2D eigenvalue weighted by molar-refractivity contribution is -0.130. The molecule has 3 aromatic rings. The van der Waals surface area contributed by atoms with Crippen molar-refractivity contribution >= 4 is 11.8 Å². The summed E-state index contributed by atoms with van der Waals surface area (Å²) in [4.78, 5) is 26.6. The largest absolute Gasteiger partial charge is 0.352 e. The van der Waals surface area contributed by atoms with Crippen molar-refractivity contribution in [3.63, 3.8) is 0 Å². The van der Waals surface area contributed by atoms with E-state index in [2.05, 4.69) is 10.4 Å². The maximum absolute atomic E-state index is 12.6. The van der Waals surface area contributed by atoms with Gasteiger partial charge in [0.2, 0.25) is 5.91 Å². The summed E-state index contributed by atoms with van der Waals surface area (Å²) in [5.41, 5.74) is 5.52. The molecular weight excluding hydrogens is 376 g/mol. The summed E-state index contributed by atoms with van der Waals surface area (Å²) >= 11 is 0. The third-order valence-corrected chi connectivity index (χ3v) is 5.28. The van der Waals surface area contributed by atoms with Gasteiger partial charge in [0.05, 0.1) is 11.4 Å². The summed E-state index contributed by atoms with van der Waals surface area (Å²) in [6, 6.07) is 17.4. The van der Waals surface area contributed by atoms with Crippen LogP contribution in [0.25, 0.3) is 5.69 Å². The number of para-hydroxylation sites is 1. The lowest BCUT2D eigenvalue weighted by Gasteiger charge is -2.18. The van der Waals surface area contributed by atoms with Crippen molar-refractivity contribution in [3.05, 3.63) is 82.7 Å². The van der Waals surface area contributed by atoms with E-state index < -0.39 is 0 Å². The Labute approximate surface area is 177 Å². The SMILES string of the molecule is Cc1ccccc1C(=O)NCCC(=O)N(C)Cc1c(C)nn(-c2ccccc2)c1C. The number of hydrogen-bond donors (Lipinski definition) is 1. The zero-order chi connectivity index (χ0) is 21.7. The van der Waals surface area contributed by atoms with Crippen LogP contribution >= 0.6 is 0 Å². The summed E-state index contributed by atoms with van der Waals surface area (Å²) in [5, 5.41) is 7.48. The zero-order valence-electron chi connectivity index (χ0n) is 18.0. The normalized spacial score (nSPS) is 10.7. The van der Waals surface area contributed by atoms with Crippen molar-refractivity contribution in [1.82, 2.24) is 20.0 Å². The number of aryl methyl sites for hydroxylation is 2. The van der Waals surface area contributed by atoms with Crippen LogP contribution in [0, 0.1) is 20.8 Å². The van der Waals surface area contributed by atoms with Crippen LogP contribution < -0.4 is 5.32 Å². The standard InChI is InChI=1S/C24H28N4O2/c1-17-10-8-9-13-21(17)24(30)25-15-14-23(29)27(4)16-22-18(2)26-28(19(22)3)20-11-6-5-7-12-20/h5-13H,14-16H2,1-4H3,(H,25,30). The third-order valence-electron chi connectivity index (χ3n) is 5.28. The number of amides is 2. The number of benzene rings is 2. The molecule has 0 unspecified atom stereocenters. The summed E-state index contributed by atoms with van der Waals surface area (Å²) in [6.45, 7) is 6.66. The lowest BCUT2D eigenvalue weighted by atomic mass is 10.1. The molecule has 0 aliphatic carbocycles. The maximum atomic E-state index is 12.6. The summed E-state index contributed by atoms with van der Waals surface area (Å²) in [5.74, 6) is -0.175. The summed E-state index contributed by atoms with van der Waals surface area (Å²) in [7, 11) is 1.78. The Morgan fingerprint density at radius 1 is 1.00 bits per heavy atom. The first-order valence-corrected chi connectivity index (χ1v) is 10.1. The number of nitrogens with one attached hydrogen (secondary N) is 1. The molecule has 6 heteroatoms. The summed E-state index contributed by atoms with van der Waals surface area (Å²) < 4.78 is 1.91. The molecule has 0 saturated carbocycles. The number of carbonyl (C=O) groups is 2. The van der Waals surface area contributed by atoms with Gasteiger partial charge in [0.15, 0.2) is 0 Å².